The van der Waals surface area contributed by atoms with E-state index in [1.165, 1.54) is 38.5 Å². The Bertz CT molecular complexity index is 679. The predicted octanol–water partition coefficient (Wildman–Crippen LogP) is 3.04. The first-order chi connectivity index (χ1) is 14.4. The Morgan fingerprint density at radius 1 is 1.10 bits per heavy atom. The maximum absolute atomic E-state index is 12.5. The van der Waals surface area contributed by atoms with Crippen LogP contribution in [0, 0.1) is 29.1 Å². The predicted molar refractivity (Wildman–Crippen MR) is 111 cm³/mol. The lowest BCUT2D eigenvalue weighted by molar-refractivity contribution is -0.153. The van der Waals surface area contributed by atoms with Crippen molar-refractivity contribution in [1.29, 1.82) is 0 Å². The van der Waals surface area contributed by atoms with Crippen LogP contribution in [0.15, 0.2) is 0 Å². The third-order valence-corrected chi connectivity index (χ3v) is 8.98. The van der Waals surface area contributed by atoms with E-state index in [0.29, 0.717) is 12.6 Å². The molecule has 2 atom stereocenters. The van der Waals surface area contributed by atoms with E-state index in [1.54, 1.807) is 0 Å². The highest BCUT2D eigenvalue weighted by Gasteiger charge is 2.53. The van der Waals surface area contributed by atoms with Crippen molar-refractivity contribution >= 4 is 17.8 Å². The number of hydrogen-bond acceptors (Lipinski definition) is 4. The average molecular weight is 417 g/mol. The quantitative estimate of drug-likeness (QED) is 0.676. The summed E-state index contributed by atoms with van der Waals surface area (Å²) in [5.41, 5.74) is 0.244. The van der Waals surface area contributed by atoms with Crippen LogP contribution in [0.5, 0.6) is 0 Å². The van der Waals surface area contributed by atoms with Gasteiger partial charge in [-0.25, -0.2) is 0 Å². The van der Waals surface area contributed by atoms with E-state index < -0.39 is 11.9 Å². The van der Waals surface area contributed by atoms with Crippen LogP contribution in [0.3, 0.4) is 0 Å². The summed E-state index contributed by atoms with van der Waals surface area (Å²) >= 11 is 0. The lowest BCUT2D eigenvalue weighted by atomic mass is 9.48. The Balaban J connectivity index is 1.10. The number of carbonyl (C=O) groups is 3. The number of rotatable bonds is 6. The van der Waals surface area contributed by atoms with Gasteiger partial charge in [0.1, 0.15) is 0 Å². The Kier molecular flexibility index (Phi) is 5.30. The van der Waals surface area contributed by atoms with E-state index in [-0.39, 0.29) is 36.3 Å². The fourth-order valence-electron chi connectivity index (χ4n) is 7.86. The minimum Gasteiger partial charge on any atom is -0.455 e. The molecule has 5 saturated carbocycles. The van der Waals surface area contributed by atoms with Crippen molar-refractivity contribution in [3.05, 3.63) is 0 Å². The molecule has 6 fully saturated rings. The first-order valence-corrected chi connectivity index (χ1v) is 12.2. The summed E-state index contributed by atoms with van der Waals surface area (Å²) in [5, 5.41) is 3.15. The monoisotopic (exact) mass is 416 g/mol. The fraction of sp³-hybridized carbons (Fsp3) is 0.875. The maximum atomic E-state index is 12.5. The number of nitrogens with one attached hydrogen (secondary N) is 1. The summed E-state index contributed by atoms with van der Waals surface area (Å²) < 4.78 is 5.34. The van der Waals surface area contributed by atoms with Gasteiger partial charge in [0.2, 0.25) is 5.91 Å². The van der Waals surface area contributed by atoms with E-state index in [9.17, 15) is 14.4 Å². The lowest BCUT2D eigenvalue weighted by Gasteiger charge is -2.59. The molecule has 6 nitrogen and oxygen atoms in total. The lowest BCUT2D eigenvalue weighted by Crippen LogP contribution is -2.56. The van der Waals surface area contributed by atoms with Gasteiger partial charge in [0, 0.05) is 25.0 Å². The molecular weight excluding hydrogens is 380 g/mol. The summed E-state index contributed by atoms with van der Waals surface area (Å²) in [6.45, 7) is 2.36. The minimum absolute atomic E-state index is 0.0590. The van der Waals surface area contributed by atoms with Crippen LogP contribution in [0.2, 0.25) is 0 Å². The van der Waals surface area contributed by atoms with Gasteiger partial charge in [0.05, 0.1) is 5.92 Å². The summed E-state index contributed by atoms with van der Waals surface area (Å²) in [6.07, 6.45) is 12.5. The molecule has 0 aromatic carbocycles. The molecule has 1 N–H and O–H groups in total. The number of amides is 2. The first kappa shape index (κ1) is 20.3. The van der Waals surface area contributed by atoms with Gasteiger partial charge in [-0.05, 0) is 81.5 Å². The molecule has 0 unspecified atom stereocenters. The van der Waals surface area contributed by atoms with Gasteiger partial charge in [-0.1, -0.05) is 12.8 Å². The highest BCUT2D eigenvalue weighted by molar-refractivity contribution is 5.88. The van der Waals surface area contributed by atoms with E-state index in [2.05, 4.69) is 12.2 Å². The third-order valence-electron chi connectivity index (χ3n) is 8.98. The molecule has 2 amide bonds. The van der Waals surface area contributed by atoms with E-state index in [0.717, 1.165) is 43.4 Å². The molecule has 1 heterocycles. The minimum atomic E-state index is -0.425. The van der Waals surface area contributed by atoms with E-state index in [4.69, 9.17) is 4.74 Å². The van der Waals surface area contributed by atoms with Crippen LogP contribution < -0.4 is 5.32 Å². The maximum Gasteiger partial charge on any atom is 0.311 e. The van der Waals surface area contributed by atoms with Crippen molar-refractivity contribution in [1.82, 2.24) is 10.2 Å². The van der Waals surface area contributed by atoms with Gasteiger partial charge in [-0.15, -0.1) is 0 Å². The Morgan fingerprint density at radius 2 is 1.70 bits per heavy atom. The molecule has 0 aromatic heterocycles. The smallest absolute Gasteiger partial charge is 0.311 e. The number of nitrogens with zero attached hydrogens (tertiary/aromatic N) is 1. The molecular formula is C24H36N2O4. The van der Waals surface area contributed by atoms with Crippen LogP contribution >= 0.6 is 0 Å². The number of ether oxygens (including phenoxy) is 1. The molecule has 1 aliphatic heterocycles. The van der Waals surface area contributed by atoms with Crippen LogP contribution in [-0.4, -0.2) is 47.9 Å². The van der Waals surface area contributed by atoms with Gasteiger partial charge < -0.3 is 15.0 Å². The molecule has 1 saturated heterocycles. The third kappa shape index (κ3) is 3.75. The van der Waals surface area contributed by atoms with Gasteiger partial charge in [-0.2, -0.15) is 0 Å². The Hall–Kier alpha value is -1.59. The average Bonchev–Trinajstić information content (AvgIpc) is 3.34. The normalized spacial score (nSPS) is 38.8. The fourth-order valence-corrected chi connectivity index (χ4v) is 7.86. The van der Waals surface area contributed by atoms with Crippen molar-refractivity contribution in [2.24, 2.45) is 29.1 Å². The molecule has 6 aliphatic rings. The molecule has 6 heteroatoms. The number of hydrogen-bond donors (Lipinski definition) is 1. The molecule has 6 rings (SSSR count). The standard InChI is InChI=1S/C24H36N2O4/c1-15(24-10-16-6-17(11-24)8-18(7-16)12-24)25-21(27)14-30-23(29)19-9-22(28)26(13-19)20-4-2-3-5-20/h15-20H,2-14H2,1H3,(H,25,27)/t15-,16?,17?,18?,19-,24?/m0/s1. The molecule has 166 valence electrons. The highest BCUT2D eigenvalue weighted by atomic mass is 16.5. The molecule has 0 spiro atoms. The topological polar surface area (TPSA) is 75.7 Å². The molecule has 0 aromatic rings. The largest absolute Gasteiger partial charge is 0.455 e. The van der Waals surface area contributed by atoms with E-state index >= 15 is 0 Å². The van der Waals surface area contributed by atoms with Crippen molar-refractivity contribution < 1.29 is 19.1 Å². The van der Waals surface area contributed by atoms with Gasteiger partial charge in [0.15, 0.2) is 6.61 Å². The molecule has 5 aliphatic carbocycles. The Morgan fingerprint density at radius 3 is 2.30 bits per heavy atom. The van der Waals surface area contributed by atoms with Crippen molar-refractivity contribution in [2.45, 2.75) is 89.6 Å². The summed E-state index contributed by atoms with van der Waals surface area (Å²) in [6, 6.07) is 0.419. The van der Waals surface area contributed by atoms with Crippen LogP contribution in [0.25, 0.3) is 0 Å². The van der Waals surface area contributed by atoms with Gasteiger partial charge in [-0.3, -0.25) is 14.4 Å². The number of esters is 1. The molecule has 4 bridgehead atoms. The zero-order valence-corrected chi connectivity index (χ0v) is 18.2. The second-order valence-corrected chi connectivity index (χ2v) is 11.1. The van der Waals surface area contributed by atoms with Crippen molar-refractivity contribution in [3.63, 3.8) is 0 Å². The van der Waals surface area contributed by atoms with Crippen LogP contribution in [-0.2, 0) is 19.1 Å². The highest BCUT2D eigenvalue weighted by Crippen LogP contribution is 2.61. The first-order valence-electron chi connectivity index (χ1n) is 12.2. The van der Waals surface area contributed by atoms with E-state index in [1.807, 2.05) is 4.90 Å². The Labute approximate surface area is 179 Å². The van der Waals surface area contributed by atoms with Crippen molar-refractivity contribution in [2.75, 3.05) is 13.2 Å². The number of carbonyl (C=O) groups excluding carboxylic acids is 3. The number of likely N-dealkylation sites (tertiary alicyclic amines) is 1. The second-order valence-electron chi connectivity index (χ2n) is 11.1. The second kappa shape index (κ2) is 7.83. The molecule has 0 radical (unpaired) electrons. The zero-order valence-electron chi connectivity index (χ0n) is 18.2. The zero-order chi connectivity index (χ0) is 20.9. The SMILES string of the molecule is C[C@H](NC(=O)COC(=O)[C@H]1CC(=O)N(C2CCCC2)C1)C12CC3CC(CC(C3)C1)C2. The van der Waals surface area contributed by atoms with Gasteiger partial charge >= 0.3 is 5.97 Å². The van der Waals surface area contributed by atoms with Crippen molar-refractivity contribution in [3.8, 4) is 0 Å². The summed E-state index contributed by atoms with van der Waals surface area (Å²) in [4.78, 5) is 39.2. The summed E-state index contributed by atoms with van der Waals surface area (Å²) in [5.74, 6) is 1.56. The van der Waals surface area contributed by atoms with Crippen LogP contribution in [0.4, 0.5) is 0 Å². The molecule has 30 heavy (non-hydrogen) atoms. The van der Waals surface area contributed by atoms with Crippen LogP contribution in [0.1, 0.15) is 77.6 Å². The summed E-state index contributed by atoms with van der Waals surface area (Å²) in [7, 11) is 0. The van der Waals surface area contributed by atoms with Gasteiger partial charge in [0.25, 0.3) is 5.91 Å².